The first-order valence-corrected chi connectivity index (χ1v) is 4.34. The third-order valence-electron chi connectivity index (χ3n) is 1.86. The van der Waals surface area contributed by atoms with Crippen LogP contribution in [0.4, 0.5) is 5.69 Å². The Morgan fingerprint density at radius 2 is 2.25 bits per heavy atom. The van der Waals surface area contributed by atoms with E-state index < -0.39 is 10.9 Å². The molecule has 0 spiro atoms. The van der Waals surface area contributed by atoms with Crippen molar-refractivity contribution in [1.29, 1.82) is 0 Å². The number of carbonyl (C=O) groups excluding carboxylic acids is 1. The van der Waals surface area contributed by atoms with E-state index in [4.69, 9.17) is 5.73 Å². The molecule has 0 heterocycles. The van der Waals surface area contributed by atoms with Crippen LogP contribution >= 0.6 is 0 Å². The fourth-order valence-electron chi connectivity index (χ4n) is 1.07. The molecule has 0 aliphatic rings. The van der Waals surface area contributed by atoms with Crippen molar-refractivity contribution in [3.05, 3.63) is 46.0 Å². The topological polar surface area (TPSA) is 95.5 Å². The van der Waals surface area contributed by atoms with E-state index in [0.29, 0.717) is 5.56 Å². The monoisotopic (exact) mass is 222 g/mol. The number of benzene rings is 1. The van der Waals surface area contributed by atoms with E-state index in [0.717, 1.165) is 6.08 Å². The van der Waals surface area contributed by atoms with Crippen molar-refractivity contribution in [2.45, 2.75) is 0 Å². The molecule has 0 radical (unpaired) electrons. The minimum absolute atomic E-state index is 0.0845. The van der Waals surface area contributed by atoms with Gasteiger partial charge in [-0.05, 0) is 0 Å². The lowest BCUT2D eigenvalue weighted by molar-refractivity contribution is -0.384. The van der Waals surface area contributed by atoms with Gasteiger partial charge in [-0.1, -0.05) is 12.1 Å². The molecule has 0 aliphatic heterocycles. The third-order valence-corrected chi connectivity index (χ3v) is 1.86. The Labute approximate surface area is 91.5 Å². The molecular weight excluding hydrogens is 212 g/mol. The van der Waals surface area contributed by atoms with Gasteiger partial charge in [0.1, 0.15) is 0 Å². The zero-order chi connectivity index (χ0) is 12.1. The van der Waals surface area contributed by atoms with Gasteiger partial charge in [-0.15, -0.1) is 0 Å². The van der Waals surface area contributed by atoms with Gasteiger partial charge in [-0.2, -0.15) is 0 Å². The fraction of sp³-hybridized carbons (Fsp3) is 0.100. The number of nitro groups is 1. The van der Waals surface area contributed by atoms with E-state index in [9.17, 15) is 14.9 Å². The summed E-state index contributed by atoms with van der Waals surface area (Å²) in [5.74, 6) is -0.607. The zero-order valence-electron chi connectivity index (χ0n) is 8.54. The van der Waals surface area contributed by atoms with Crippen LogP contribution in [0, 0.1) is 10.1 Å². The van der Waals surface area contributed by atoms with Crippen LogP contribution in [0.5, 0.6) is 0 Å². The van der Waals surface area contributed by atoms with E-state index in [1.807, 2.05) is 0 Å². The van der Waals surface area contributed by atoms with Crippen molar-refractivity contribution in [2.24, 2.45) is 5.73 Å². The summed E-state index contributed by atoms with van der Waals surface area (Å²) in [6.45, 7) is 0. The van der Waals surface area contributed by atoms with Crippen LogP contribution in [0.2, 0.25) is 0 Å². The van der Waals surface area contributed by atoms with Gasteiger partial charge in [0.25, 0.3) is 5.69 Å². The summed E-state index contributed by atoms with van der Waals surface area (Å²) >= 11 is 0. The van der Waals surface area contributed by atoms with Gasteiger partial charge in [0.2, 0.25) is 0 Å². The Balaban J connectivity index is 3.05. The summed E-state index contributed by atoms with van der Waals surface area (Å²) in [6, 6.07) is 5.69. The van der Waals surface area contributed by atoms with E-state index in [-0.39, 0.29) is 11.4 Å². The number of nitrogens with zero attached hydrogens (tertiary/aromatic N) is 1. The van der Waals surface area contributed by atoms with Crippen LogP contribution in [0.1, 0.15) is 5.56 Å². The van der Waals surface area contributed by atoms with Crippen LogP contribution < -0.4 is 5.73 Å². The van der Waals surface area contributed by atoms with Crippen molar-refractivity contribution in [3.63, 3.8) is 0 Å². The molecule has 1 aromatic carbocycles. The van der Waals surface area contributed by atoms with Crippen molar-refractivity contribution >= 4 is 17.4 Å². The predicted octanol–water partition coefficient (Wildman–Crippen LogP) is 1.07. The number of ether oxygens (including phenoxy) is 1. The molecule has 0 saturated heterocycles. The molecule has 0 unspecified atom stereocenters. The lowest BCUT2D eigenvalue weighted by Gasteiger charge is -2.00. The largest absolute Gasteiger partial charge is 0.466 e. The van der Waals surface area contributed by atoms with Gasteiger partial charge in [-0.25, -0.2) is 4.79 Å². The lowest BCUT2D eigenvalue weighted by Crippen LogP contribution is -2.03. The number of non-ortho nitro benzene ring substituents is 1. The molecule has 6 heteroatoms. The number of rotatable bonds is 3. The quantitative estimate of drug-likeness (QED) is 0.357. The van der Waals surface area contributed by atoms with E-state index in [1.54, 1.807) is 6.07 Å². The average Bonchev–Trinajstić information content (AvgIpc) is 2.28. The highest BCUT2D eigenvalue weighted by atomic mass is 16.6. The smallest absolute Gasteiger partial charge is 0.332 e. The fourth-order valence-corrected chi connectivity index (χ4v) is 1.07. The van der Waals surface area contributed by atoms with Crippen LogP contribution in [-0.4, -0.2) is 18.0 Å². The summed E-state index contributed by atoms with van der Waals surface area (Å²) in [5.41, 5.74) is 6.02. The van der Waals surface area contributed by atoms with Crippen LogP contribution in [0.25, 0.3) is 5.70 Å². The molecule has 2 N–H and O–H groups in total. The van der Waals surface area contributed by atoms with Crippen LogP contribution in [-0.2, 0) is 9.53 Å². The standard InChI is InChI=1S/C10H10N2O4/c1-16-10(13)6-9(11)7-3-2-4-8(5-7)12(14)15/h2-6H,11H2,1H3. The van der Waals surface area contributed by atoms with Crippen molar-refractivity contribution < 1.29 is 14.5 Å². The maximum absolute atomic E-state index is 10.9. The van der Waals surface area contributed by atoms with Gasteiger partial charge in [-0.3, -0.25) is 10.1 Å². The van der Waals surface area contributed by atoms with Crippen LogP contribution in [0.3, 0.4) is 0 Å². The molecule has 0 aromatic heterocycles. The molecule has 6 nitrogen and oxygen atoms in total. The average molecular weight is 222 g/mol. The Bertz CT molecular complexity index is 454. The maximum Gasteiger partial charge on any atom is 0.332 e. The third kappa shape index (κ3) is 2.81. The number of hydrogen-bond acceptors (Lipinski definition) is 5. The predicted molar refractivity (Wildman–Crippen MR) is 57.3 cm³/mol. The summed E-state index contributed by atoms with van der Waals surface area (Å²) in [4.78, 5) is 20.9. The Morgan fingerprint density at radius 3 is 2.81 bits per heavy atom. The molecule has 0 atom stereocenters. The molecular formula is C10H10N2O4. The molecule has 1 aromatic rings. The SMILES string of the molecule is COC(=O)C=C(N)c1cccc([N+](=O)[O-])c1. The minimum atomic E-state index is -0.607. The highest BCUT2D eigenvalue weighted by molar-refractivity contribution is 5.90. The molecule has 0 fully saturated rings. The molecule has 1 rings (SSSR count). The van der Waals surface area contributed by atoms with Crippen molar-refractivity contribution in [2.75, 3.05) is 7.11 Å². The van der Waals surface area contributed by atoms with Gasteiger partial charge in [0, 0.05) is 29.5 Å². The first-order valence-electron chi connectivity index (χ1n) is 4.34. The molecule has 0 bridgehead atoms. The van der Waals surface area contributed by atoms with Gasteiger partial charge >= 0.3 is 5.97 Å². The summed E-state index contributed by atoms with van der Waals surface area (Å²) in [6.07, 6.45) is 1.07. The highest BCUT2D eigenvalue weighted by Gasteiger charge is 2.07. The Kier molecular flexibility index (Phi) is 3.60. The van der Waals surface area contributed by atoms with E-state index in [1.165, 1.54) is 25.3 Å². The second kappa shape index (κ2) is 4.92. The van der Waals surface area contributed by atoms with Crippen molar-refractivity contribution in [1.82, 2.24) is 0 Å². The summed E-state index contributed by atoms with van der Waals surface area (Å²) < 4.78 is 4.39. The number of carbonyl (C=O) groups is 1. The zero-order valence-corrected chi connectivity index (χ0v) is 8.54. The number of esters is 1. The molecule has 84 valence electrons. The number of methoxy groups -OCH3 is 1. The van der Waals surface area contributed by atoms with Gasteiger partial charge in [0.15, 0.2) is 0 Å². The lowest BCUT2D eigenvalue weighted by atomic mass is 10.1. The number of nitrogens with two attached hydrogens (primary N) is 1. The second-order valence-corrected chi connectivity index (χ2v) is 2.93. The number of hydrogen-bond donors (Lipinski definition) is 1. The van der Waals surface area contributed by atoms with E-state index >= 15 is 0 Å². The highest BCUT2D eigenvalue weighted by Crippen LogP contribution is 2.16. The number of nitro benzene ring substituents is 1. The first kappa shape index (κ1) is 11.7. The maximum atomic E-state index is 10.9. The Morgan fingerprint density at radius 1 is 1.56 bits per heavy atom. The first-order chi connectivity index (χ1) is 7.54. The normalized spacial score (nSPS) is 10.9. The van der Waals surface area contributed by atoms with Gasteiger partial charge in [0.05, 0.1) is 12.0 Å². The minimum Gasteiger partial charge on any atom is -0.466 e. The second-order valence-electron chi connectivity index (χ2n) is 2.93. The Hall–Kier alpha value is -2.37. The summed E-state index contributed by atoms with van der Waals surface area (Å²) in [5, 5.41) is 10.5. The molecule has 16 heavy (non-hydrogen) atoms. The molecule has 0 aliphatic carbocycles. The van der Waals surface area contributed by atoms with E-state index in [2.05, 4.69) is 4.74 Å². The summed E-state index contributed by atoms with van der Waals surface area (Å²) in [7, 11) is 1.22. The van der Waals surface area contributed by atoms with Crippen molar-refractivity contribution in [3.8, 4) is 0 Å². The van der Waals surface area contributed by atoms with Crippen LogP contribution in [0.15, 0.2) is 30.3 Å². The molecule has 0 saturated carbocycles. The molecule has 0 amide bonds. The van der Waals surface area contributed by atoms with Gasteiger partial charge < -0.3 is 10.5 Å².